The van der Waals surface area contributed by atoms with Gasteiger partial charge in [-0.3, -0.25) is 4.79 Å². The summed E-state index contributed by atoms with van der Waals surface area (Å²) in [5.74, 6) is -0.160. The molecule has 0 amide bonds. The second-order valence-corrected chi connectivity index (χ2v) is 5.45. The smallest absolute Gasteiger partial charge is 0.309 e. The number of hydrogen-bond donors (Lipinski definition) is 1. The molecule has 0 radical (unpaired) electrons. The van der Waals surface area contributed by atoms with Gasteiger partial charge in [0, 0.05) is 19.1 Å². The molecule has 1 N–H and O–H groups in total. The highest BCUT2D eigenvalue weighted by Crippen LogP contribution is 2.23. The molecule has 1 saturated heterocycles. The minimum atomic E-state index is -0.721. The quantitative estimate of drug-likeness (QED) is 0.666. The molecule has 0 aromatic carbocycles. The van der Waals surface area contributed by atoms with E-state index in [0.717, 1.165) is 45.7 Å². The molecule has 4 nitrogen and oxygen atoms in total. The van der Waals surface area contributed by atoms with Crippen LogP contribution in [0.1, 0.15) is 39.5 Å². The summed E-state index contributed by atoms with van der Waals surface area (Å²) in [5.41, 5.74) is -0.612. The van der Waals surface area contributed by atoms with Crippen LogP contribution in [0.4, 0.5) is 0 Å². The fourth-order valence-electron chi connectivity index (χ4n) is 1.84. The van der Waals surface area contributed by atoms with Gasteiger partial charge in [0.25, 0.3) is 0 Å². The van der Waals surface area contributed by atoms with E-state index in [2.05, 4.69) is 0 Å². The van der Waals surface area contributed by atoms with Gasteiger partial charge in [-0.05, 0) is 33.1 Å². The zero-order chi connectivity index (χ0) is 12.7. The molecular weight excluding hydrogens is 220 g/mol. The normalized spacial score (nSPS) is 20.7. The molecule has 0 aliphatic carbocycles. The number of aliphatic carboxylic acids is 1. The van der Waals surface area contributed by atoms with Gasteiger partial charge in [-0.2, -0.15) is 0 Å². The van der Waals surface area contributed by atoms with Crippen LogP contribution < -0.4 is 0 Å². The van der Waals surface area contributed by atoms with Gasteiger partial charge in [0.05, 0.1) is 18.6 Å². The van der Waals surface area contributed by atoms with E-state index in [1.807, 2.05) is 0 Å². The molecule has 1 heterocycles. The molecule has 0 bridgehead atoms. The first-order valence-corrected chi connectivity index (χ1v) is 6.41. The standard InChI is InChI=1S/C13H24O4/c1-13(2,12(14)15)6-3-4-7-16-9-11-5-8-17-10-11/h11H,3-10H2,1-2H3,(H,14,15). The van der Waals surface area contributed by atoms with E-state index in [1.54, 1.807) is 13.8 Å². The monoisotopic (exact) mass is 244 g/mol. The van der Waals surface area contributed by atoms with Gasteiger partial charge in [0.1, 0.15) is 0 Å². The molecule has 1 unspecified atom stereocenters. The van der Waals surface area contributed by atoms with Crippen molar-refractivity contribution in [3.63, 3.8) is 0 Å². The molecule has 0 spiro atoms. The molecule has 1 aliphatic heterocycles. The molecule has 1 aliphatic rings. The summed E-state index contributed by atoms with van der Waals surface area (Å²) in [5, 5.41) is 8.94. The van der Waals surface area contributed by atoms with Crippen molar-refractivity contribution in [2.45, 2.75) is 39.5 Å². The number of ether oxygens (including phenoxy) is 2. The van der Waals surface area contributed by atoms with Crippen molar-refractivity contribution in [3.8, 4) is 0 Å². The van der Waals surface area contributed by atoms with E-state index in [-0.39, 0.29) is 0 Å². The van der Waals surface area contributed by atoms with Gasteiger partial charge in [-0.1, -0.05) is 6.42 Å². The van der Waals surface area contributed by atoms with E-state index in [9.17, 15) is 4.79 Å². The lowest BCUT2D eigenvalue weighted by atomic mass is 9.87. The Morgan fingerprint density at radius 3 is 2.82 bits per heavy atom. The highest BCUT2D eigenvalue weighted by Gasteiger charge is 2.25. The molecule has 1 atom stereocenters. The van der Waals surface area contributed by atoms with Crippen LogP contribution in [0.15, 0.2) is 0 Å². The number of hydrogen-bond acceptors (Lipinski definition) is 3. The number of rotatable bonds is 8. The Bertz CT molecular complexity index is 232. The zero-order valence-corrected chi connectivity index (χ0v) is 10.9. The Morgan fingerprint density at radius 1 is 1.47 bits per heavy atom. The number of carbonyl (C=O) groups is 1. The van der Waals surface area contributed by atoms with Gasteiger partial charge in [0.2, 0.25) is 0 Å². The molecule has 0 aromatic heterocycles. The largest absolute Gasteiger partial charge is 0.481 e. The fraction of sp³-hybridized carbons (Fsp3) is 0.923. The Kier molecular flexibility index (Phi) is 5.92. The number of carboxylic acid groups (broad SMARTS) is 1. The Labute approximate surface area is 103 Å². The van der Waals surface area contributed by atoms with Crippen molar-refractivity contribution in [2.24, 2.45) is 11.3 Å². The maximum atomic E-state index is 10.9. The third kappa shape index (κ3) is 5.50. The number of unbranched alkanes of at least 4 members (excludes halogenated alkanes) is 1. The SMILES string of the molecule is CC(C)(CCCCOCC1CCOC1)C(=O)O. The summed E-state index contributed by atoms with van der Waals surface area (Å²) in [6, 6.07) is 0. The van der Waals surface area contributed by atoms with Crippen LogP contribution in [0.2, 0.25) is 0 Å². The van der Waals surface area contributed by atoms with E-state index in [1.165, 1.54) is 0 Å². The Balaban J connectivity index is 1.95. The third-order valence-electron chi connectivity index (χ3n) is 3.30. The van der Waals surface area contributed by atoms with Crippen LogP contribution in [-0.2, 0) is 14.3 Å². The first-order chi connectivity index (χ1) is 8.02. The molecular formula is C13H24O4. The van der Waals surface area contributed by atoms with Gasteiger partial charge >= 0.3 is 5.97 Å². The van der Waals surface area contributed by atoms with Gasteiger partial charge in [-0.25, -0.2) is 0 Å². The Hall–Kier alpha value is -0.610. The minimum absolute atomic E-state index is 0.561. The number of carboxylic acids is 1. The molecule has 0 aromatic rings. The molecule has 17 heavy (non-hydrogen) atoms. The van der Waals surface area contributed by atoms with E-state index >= 15 is 0 Å². The maximum Gasteiger partial charge on any atom is 0.309 e. The first kappa shape index (κ1) is 14.5. The van der Waals surface area contributed by atoms with Gasteiger partial charge in [0.15, 0.2) is 0 Å². The minimum Gasteiger partial charge on any atom is -0.481 e. The summed E-state index contributed by atoms with van der Waals surface area (Å²) < 4.78 is 10.8. The van der Waals surface area contributed by atoms with E-state index < -0.39 is 11.4 Å². The van der Waals surface area contributed by atoms with Crippen LogP contribution >= 0.6 is 0 Å². The molecule has 0 saturated carbocycles. The van der Waals surface area contributed by atoms with Crippen LogP contribution in [0.25, 0.3) is 0 Å². The predicted molar refractivity (Wildman–Crippen MR) is 65.0 cm³/mol. The van der Waals surface area contributed by atoms with E-state index in [0.29, 0.717) is 12.3 Å². The first-order valence-electron chi connectivity index (χ1n) is 6.41. The average molecular weight is 244 g/mol. The summed E-state index contributed by atoms with van der Waals surface area (Å²) >= 11 is 0. The summed E-state index contributed by atoms with van der Waals surface area (Å²) in [6.07, 6.45) is 3.65. The molecule has 1 fully saturated rings. The lowest BCUT2D eigenvalue weighted by molar-refractivity contribution is -0.147. The maximum absolute atomic E-state index is 10.9. The highest BCUT2D eigenvalue weighted by molar-refractivity contribution is 5.73. The lowest BCUT2D eigenvalue weighted by Crippen LogP contribution is -2.23. The fourth-order valence-corrected chi connectivity index (χ4v) is 1.84. The van der Waals surface area contributed by atoms with Crippen LogP contribution in [-0.4, -0.2) is 37.5 Å². The van der Waals surface area contributed by atoms with Crippen LogP contribution in [0.3, 0.4) is 0 Å². The molecule has 100 valence electrons. The van der Waals surface area contributed by atoms with E-state index in [4.69, 9.17) is 14.6 Å². The third-order valence-corrected chi connectivity index (χ3v) is 3.30. The second kappa shape index (κ2) is 6.97. The average Bonchev–Trinajstić information content (AvgIpc) is 2.75. The predicted octanol–water partition coefficient (Wildman–Crippen LogP) is 2.32. The zero-order valence-electron chi connectivity index (χ0n) is 10.9. The van der Waals surface area contributed by atoms with Crippen molar-refractivity contribution in [3.05, 3.63) is 0 Å². The van der Waals surface area contributed by atoms with Crippen molar-refractivity contribution < 1.29 is 19.4 Å². The molecule has 4 heteroatoms. The highest BCUT2D eigenvalue weighted by atomic mass is 16.5. The Morgan fingerprint density at radius 2 is 2.24 bits per heavy atom. The van der Waals surface area contributed by atoms with Crippen molar-refractivity contribution in [2.75, 3.05) is 26.4 Å². The van der Waals surface area contributed by atoms with Crippen LogP contribution in [0, 0.1) is 11.3 Å². The summed E-state index contributed by atoms with van der Waals surface area (Å²) in [6.45, 7) is 6.74. The van der Waals surface area contributed by atoms with Crippen molar-refractivity contribution in [1.29, 1.82) is 0 Å². The summed E-state index contributed by atoms with van der Waals surface area (Å²) in [7, 11) is 0. The van der Waals surface area contributed by atoms with Gasteiger partial charge < -0.3 is 14.6 Å². The lowest BCUT2D eigenvalue weighted by Gasteiger charge is -2.18. The second-order valence-electron chi connectivity index (χ2n) is 5.45. The van der Waals surface area contributed by atoms with Crippen molar-refractivity contribution in [1.82, 2.24) is 0 Å². The topological polar surface area (TPSA) is 55.8 Å². The van der Waals surface area contributed by atoms with Crippen molar-refractivity contribution >= 4 is 5.97 Å². The van der Waals surface area contributed by atoms with Crippen LogP contribution in [0.5, 0.6) is 0 Å². The summed E-state index contributed by atoms with van der Waals surface area (Å²) in [4.78, 5) is 10.9. The molecule has 1 rings (SSSR count). The van der Waals surface area contributed by atoms with Gasteiger partial charge in [-0.15, -0.1) is 0 Å².